The number of aromatic hydroxyl groups is 2. The first kappa shape index (κ1) is 21.2. The lowest BCUT2D eigenvalue weighted by atomic mass is 10.0. The molecule has 0 aliphatic rings. The summed E-state index contributed by atoms with van der Waals surface area (Å²) in [6, 6.07) is 11.7. The van der Waals surface area contributed by atoms with Gasteiger partial charge in [0.1, 0.15) is 17.5 Å². The number of hydrogen-bond acceptors (Lipinski definition) is 5. The molecule has 0 radical (unpaired) electrons. The molecule has 0 aliphatic heterocycles. The zero-order valence-corrected chi connectivity index (χ0v) is 15.9. The summed E-state index contributed by atoms with van der Waals surface area (Å²) in [5.41, 5.74) is 7.14. The van der Waals surface area contributed by atoms with Crippen LogP contribution >= 0.6 is 0 Å². The lowest BCUT2D eigenvalue weighted by Gasteiger charge is -2.22. The molecule has 0 spiro atoms. The van der Waals surface area contributed by atoms with Gasteiger partial charge in [-0.3, -0.25) is 9.59 Å². The van der Waals surface area contributed by atoms with E-state index in [0.29, 0.717) is 13.0 Å². The molecule has 0 saturated heterocycles. The first-order valence-electron chi connectivity index (χ1n) is 9.28. The number of rotatable bonds is 10. The highest BCUT2D eigenvalue weighted by atomic mass is 16.3. The Kier molecular flexibility index (Phi) is 7.83. The van der Waals surface area contributed by atoms with Gasteiger partial charge in [-0.2, -0.15) is 0 Å². The Bertz CT molecular complexity index is 775. The molecule has 2 amide bonds. The van der Waals surface area contributed by atoms with Gasteiger partial charge >= 0.3 is 0 Å². The van der Waals surface area contributed by atoms with Gasteiger partial charge in [0.05, 0.1) is 6.04 Å². The molecule has 0 aliphatic carbocycles. The number of nitrogens with one attached hydrogen (secondary N) is 2. The third-order valence-electron chi connectivity index (χ3n) is 4.37. The number of benzene rings is 2. The number of amides is 2. The average Bonchev–Trinajstić information content (AvgIpc) is 2.67. The maximum atomic E-state index is 12.8. The van der Waals surface area contributed by atoms with Gasteiger partial charge in [-0.25, -0.2) is 0 Å². The van der Waals surface area contributed by atoms with Gasteiger partial charge in [0, 0.05) is 6.42 Å². The molecule has 0 saturated carbocycles. The van der Waals surface area contributed by atoms with Crippen molar-refractivity contribution in [1.29, 1.82) is 0 Å². The highest BCUT2D eigenvalue weighted by Gasteiger charge is 2.24. The SMILES string of the molecule is CCCN[C@@H](Cc1ccc(O)cc1)C(=O)N[C@@H](Cc1ccc(O)cc1)C(N)=O. The summed E-state index contributed by atoms with van der Waals surface area (Å²) in [6.45, 7) is 2.65. The molecule has 0 heterocycles. The molecule has 7 heteroatoms. The molecule has 2 rings (SSSR count). The minimum absolute atomic E-state index is 0.126. The second kappa shape index (κ2) is 10.3. The number of nitrogens with two attached hydrogens (primary N) is 1. The highest BCUT2D eigenvalue weighted by Crippen LogP contribution is 2.13. The summed E-state index contributed by atoms with van der Waals surface area (Å²) in [4.78, 5) is 24.7. The predicted molar refractivity (Wildman–Crippen MR) is 107 cm³/mol. The molecule has 7 nitrogen and oxygen atoms in total. The van der Waals surface area contributed by atoms with Crippen molar-refractivity contribution >= 4 is 11.8 Å². The number of carbonyl (C=O) groups excluding carboxylic acids is 2. The predicted octanol–water partition coefficient (Wildman–Crippen LogP) is 1.22. The van der Waals surface area contributed by atoms with E-state index < -0.39 is 18.0 Å². The van der Waals surface area contributed by atoms with E-state index in [2.05, 4.69) is 10.6 Å². The lowest BCUT2D eigenvalue weighted by molar-refractivity contribution is -0.128. The summed E-state index contributed by atoms with van der Waals surface area (Å²) in [5.74, 6) is -0.653. The maximum Gasteiger partial charge on any atom is 0.240 e. The summed E-state index contributed by atoms with van der Waals surface area (Å²) in [5, 5.41) is 24.7. The number of phenolic OH excluding ortho intramolecular Hbond substituents is 2. The Morgan fingerprint density at radius 3 is 1.79 bits per heavy atom. The molecule has 0 fully saturated rings. The van der Waals surface area contributed by atoms with E-state index in [-0.39, 0.29) is 23.8 Å². The molecule has 6 N–H and O–H groups in total. The monoisotopic (exact) mass is 385 g/mol. The number of hydrogen-bond donors (Lipinski definition) is 5. The Morgan fingerprint density at radius 1 is 0.893 bits per heavy atom. The van der Waals surface area contributed by atoms with Crippen LogP contribution in [-0.4, -0.2) is 40.7 Å². The standard InChI is InChI=1S/C21H27N3O4/c1-2-11-23-19(13-15-5-9-17(26)10-6-15)21(28)24-18(20(22)27)12-14-3-7-16(25)8-4-14/h3-10,18-19,23,25-26H,2,11-13H2,1H3,(H2,22,27)(H,24,28)/t18-,19-/m0/s1. The summed E-state index contributed by atoms with van der Waals surface area (Å²) < 4.78 is 0. The molecule has 2 atom stereocenters. The quantitative estimate of drug-likeness (QED) is 0.421. The van der Waals surface area contributed by atoms with Crippen molar-refractivity contribution in [1.82, 2.24) is 10.6 Å². The number of phenols is 2. The molecule has 2 aromatic carbocycles. The minimum Gasteiger partial charge on any atom is -0.508 e. The van der Waals surface area contributed by atoms with Crippen LogP contribution < -0.4 is 16.4 Å². The van der Waals surface area contributed by atoms with Gasteiger partial charge < -0.3 is 26.6 Å². The fourth-order valence-corrected chi connectivity index (χ4v) is 2.81. The van der Waals surface area contributed by atoms with Gasteiger partial charge in [-0.1, -0.05) is 31.2 Å². The van der Waals surface area contributed by atoms with Crippen molar-refractivity contribution in [3.63, 3.8) is 0 Å². The molecule has 2 aromatic rings. The van der Waals surface area contributed by atoms with E-state index >= 15 is 0 Å². The van der Waals surface area contributed by atoms with E-state index in [1.165, 1.54) is 12.1 Å². The van der Waals surface area contributed by atoms with Crippen molar-refractivity contribution in [3.8, 4) is 11.5 Å². The van der Waals surface area contributed by atoms with Crippen LogP contribution in [0.5, 0.6) is 11.5 Å². The molecule has 150 valence electrons. The van der Waals surface area contributed by atoms with Crippen molar-refractivity contribution in [2.45, 2.75) is 38.3 Å². The van der Waals surface area contributed by atoms with Crippen LogP contribution in [-0.2, 0) is 22.4 Å². The van der Waals surface area contributed by atoms with Crippen LogP contribution in [0.15, 0.2) is 48.5 Å². The fourth-order valence-electron chi connectivity index (χ4n) is 2.81. The topological polar surface area (TPSA) is 125 Å². The summed E-state index contributed by atoms with van der Waals surface area (Å²) in [7, 11) is 0. The highest BCUT2D eigenvalue weighted by molar-refractivity contribution is 5.89. The molecule has 28 heavy (non-hydrogen) atoms. The summed E-state index contributed by atoms with van der Waals surface area (Å²) in [6.07, 6.45) is 1.50. The van der Waals surface area contributed by atoms with Crippen LogP contribution in [0.2, 0.25) is 0 Å². The van der Waals surface area contributed by atoms with Gasteiger partial charge in [-0.15, -0.1) is 0 Å². The normalized spacial score (nSPS) is 12.9. The minimum atomic E-state index is -0.859. The molecular formula is C21H27N3O4. The van der Waals surface area contributed by atoms with Gasteiger partial charge in [-0.05, 0) is 54.8 Å². The Balaban J connectivity index is 2.08. The zero-order chi connectivity index (χ0) is 20.5. The van der Waals surface area contributed by atoms with Crippen LogP contribution in [0.25, 0.3) is 0 Å². The largest absolute Gasteiger partial charge is 0.508 e. The first-order valence-corrected chi connectivity index (χ1v) is 9.28. The second-order valence-corrected chi connectivity index (χ2v) is 6.71. The lowest BCUT2D eigenvalue weighted by Crippen LogP contribution is -2.53. The van der Waals surface area contributed by atoms with Gasteiger partial charge in [0.15, 0.2) is 0 Å². The molecular weight excluding hydrogens is 358 g/mol. The van der Waals surface area contributed by atoms with Crippen molar-refractivity contribution in [3.05, 3.63) is 59.7 Å². The molecule has 0 aromatic heterocycles. The van der Waals surface area contributed by atoms with Crippen molar-refractivity contribution in [2.24, 2.45) is 5.73 Å². The third-order valence-corrected chi connectivity index (χ3v) is 4.37. The third kappa shape index (κ3) is 6.59. The van der Waals surface area contributed by atoms with E-state index in [0.717, 1.165) is 17.5 Å². The van der Waals surface area contributed by atoms with Crippen molar-refractivity contribution in [2.75, 3.05) is 6.54 Å². The van der Waals surface area contributed by atoms with Crippen LogP contribution in [0.1, 0.15) is 24.5 Å². The van der Waals surface area contributed by atoms with E-state index in [1.54, 1.807) is 36.4 Å². The summed E-state index contributed by atoms with van der Waals surface area (Å²) >= 11 is 0. The fraction of sp³-hybridized carbons (Fsp3) is 0.333. The second-order valence-electron chi connectivity index (χ2n) is 6.71. The Labute approximate surface area is 164 Å². The zero-order valence-electron chi connectivity index (χ0n) is 15.9. The molecule has 0 unspecified atom stereocenters. The van der Waals surface area contributed by atoms with Crippen LogP contribution in [0.4, 0.5) is 0 Å². The maximum absolute atomic E-state index is 12.8. The van der Waals surface area contributed by atoms with E-state index in [1.807, 2.05) is 6.92 Å². The smallest absolute Gasteiger partial charge is 0.240 e. The number of carbonyl (C=O) groups is 2. The van der Waals surface area contributed by atoms with Gasteiger partial charge in [0.2, 0.25) is 11.8 Å². The molecule has 0 bridgehead atoms. The van der Waals surface area contributed by atoms with Crippen LogP contribution in [0, 0.1) is 0 Å². The van der Waals surface area contributed by atoms with E-state index in [4.69, 9.17) is 5.73 Å². The van der Waals surface area contributed by atoms with E-state index in [9.17, 15) is 19.8 Å². The Morgan fingerprint density at radius 2 is 1.36 bits per heavy atom. The van der Waals surface area contributed by atoms with Crippen molar-refractivity contribution < 1.29 is 19.8 Å². The first-order chi connectivity index (χ1) is 13.4. The van der Waals surface area contributed by atoms with Crippen LogP contribution in [0.3, 0.4) is 0 Å². The average molecular weight is 385 g/mol. The number of primary amides is 1. The van der Waals surface area contributed by atoms with Gasteiger partial charge in [0.25, 0.3) is 0 Å². The Hall–Kier alpha value is -3.06.